The number of fused-ring (bicyclic) bond motifs is 5. The molecule has 4 aromatic rings. The van der Waals surface area contributed by atoms with E-state index in [0.29, 0.717) is 17.9 Å². The number of carbonyl (C=O) groups is 4. The molecule has 0 radical (unpaired) electrons. The van der Waals surface area contributed by atoms with Gasteiger partial charge in [0.15, 0.2) is 0 Å². The van der Waals surface area contributed by atoms with Gasteiger partial charge < -0.3 is 29.4 Å². The molecule has 0 unspecified atom stereocenters. The molecule has 2 amide bonds. The van der Waals surface area contributed by atoms with Crippen molar-refractivity contribution in [3.05, 3.63) is 99.3 Å². The second-order valence-electron chi connectivity index (χ2n) is 12.8. The molecule has 12 heteroatoms. The lowest BCUT2D eigenvalue weighted by Gasteiger charge is -2.35. The van der Waals surface area contributed by atoms with Crippen molar-refractivity contribution in [3.8, 4) is 11.4 Å². The molecule has 2 atom stereocenters. The van der Waals surface area contributed by atoms with Crippen molar-refractivity contribution in [2.75, 3.05) is 6.54 Å². The maximum atomic E-state index is 13.8. The van der Waals surface area contributed by atoms with Gasteiger partial charge in [-0.2, -0.15) is 0 Å². The predicted molar refractivity (Wildman–Crippen MR) is 175 cm³/mol. The summed E-state index contributed by atoms with van der Waals surface area (Å²) in [5.41, 5.74) is 0.843. The van der Waals surface area contributed by atoms with Crippen molar-refractivity contribution in [2.24, 2.45) is 0 Å². The lowest BCUT2D eigenvalue weighted by molar-refractivity contribution is -0.189. The quantitative estimate of drug-likeness (QED) is 0.188. The number of rotatable bonds is 8. The molecule has 2 aliphatic rings. The number of aromatic nitrogens is 2. The Bertz CT molecular complexity index is 2000. The topological polar surface area (TPSA) is 155 Å². The molecule has 2 aromatic heterocycles. The second kappa shape index (κ2) is 12.6. The number of cyclic esters (lactones) is 1. The Hall–Kier alpha value is -5.52. The molecule has 2 aromatic carbocycles. The Balaban J connectivity index is 1.24. The zero-order valence-corrected chi connectivity index (χ0v) is 27.1. The standard InChI is InChI=1S/C36H36N4O8/c1-5-36(47-29(41)18-37-31(42)27(15-21-11-7-6-8-12-21)39-34(45)48-35(2,3)4)25-17-28-30-23(16-22-13-9-10-14-26(22)38-30)19-40(28)32(43)24(25)20-46-33(36)44/h6-14,16-17,27H,5,15,18-20H2,1-4H3,(H,37,42)(H,39,45)/t27-,36-/m0/s1. The van der Waals surface area contributed by atoms with Crippen LogP contribution in [0.2, 0.25) is 0 Å². The minimum atomic E-state index is -1.93. The molecular formula is C36H36N4O8. The fourth-order valence-electron chi connectivity index (χ4n) is 6.10. The highest BCUT2D eigenvalue weighted by molar-refractivity contribution is 5.91. The number of alkyl carbamates (subject to hydrolysis) is 1. The molecule has 0 aliphatic carbocycles. The number of pyridine rings is 2. The summed E-state index contributed by atoms with van der Waals surface area (Å²) in [5.74, 6) is -2.42. The van der Waals surface area contributed by atoms with Crippen LogP contribution in [-0.2, 0) is 53.8 Å². The van der Waals surface area contributed by atoms with E-state index in [9.17, 15) is 24.0 Å². The normalized spacial score (nSPS) is 17.0. The zero-order valence-electron chi connectivity index (χ0n) is 27.1. The maximum Gasteiger partial charge on any atom is 0.408 e. The first-order chi connectivity index (χ1) is 22.9. The molecule has 6 rings (SSSR count). The van der Waals surface area contributed by atoms with Crippen LogP contribution in [0.3, 0.4) is 0 Å². The number of hydrogen-bond acceptors (Lipinski definition) is 9. The van der Waals surface area contributed by atoms with Gasteiger partial charge in [-0.1, -0.05) is 55.5 Å². The Morgan fingerprint density at radius 3 is 2.50 bits per heavy atom. The summed E-state index contributed by atoms with van der Waals surface area (Å²) in [6.07, 6.45) is -0.703. The molecule has 12 nitrogen and oxygen atoms in total. The van der Waals surface area contributed by atoms with Crippen LogP contribution in [0.25, 0.3) is 22.3 Å². The zero-order chi connectivity index (χ0) is 34.2. The van der Waals surface area contributed by atoms with Gasteiger partial charge in [0, 0.05) is 22.9 Å². The van der Waals surface area contributed by atoms with Crippen LogP contribution in [0.1, 0.15) is 56.4 Å². The van der Waals surface area contributed by atoms with Crippen molar-refractivity contribution >= 4 is 34.8 Å². The Morgan fingerprint density at radius 1 is 1.04 bits per heavy atom. The first-order valence-electron chi connectivity index (χ1n) is 15.7. The summed E-state index contributed by atoms with van der Waals surface area (Å²) in [4.78, 5) is 71.2. The maximum absolute atomic E-state index is 13.8. The second-order valence-corrected chi connectivity index (χ2v) is 12.8. The van der Waals surface area contributed by atoms with Crippen LogP contribution >= 0.6 is 0 Å². The lowest BCUT2D eigenvalue weighted by atomic mass is 9.85. The van der Waals surface area contributed by atoms with E-state index in [4.69, 9.17) is 19.2 Å². The summed E-state index contributed by atoms with van der Waals surface area (Å²) >= 11 is 0. The van der Waals surface area contributed by atoms with E-state index in [-0.39, 0.29) is 36.1 Å². The van der Waals surface area contributed by atoms with Gasteiger partial charge in [0.2, 0.25) is 11.5 Å². The van der Waals surface area contributed by atoms with Crippen molar-refractivity contribution < 1.29 is 33.4 Å². The average Bonchev–Trinajstić information content (AvgIpc) is 3.41. The lowest BCUT2D eigenvalue weighted by Crippen LogP contribution is -2.52. The molecule has 0 saturated heterocycles. The monoisotopic (exact) mass is 652 g/mol. The Kier molecular flexibility index (Phi) is 8.50. The molecule has 0 bridgehead atoms. The number of carbonyl (C=O) groups excluding carboxylic acids is 4. The van der Waals surface area contributed by atoms with E-state index >= 15 is 0 Å². The van der Waals surface area contributed by atoms with E-state index in [1.165, 1.54) is 0 Å². The first kappa shape index (κ1) is 32.4. The molecule has 0 saturated carbocycles. The van der Waals surface area contributed by atoms with Gasteiger partial charge in [-0.25, -0.2) is 14.6 Å². The Labute approximate surface area is 276 Å². The first-order valence-corrected chi connectivity index (χ1v) is 15.7. The largest absolute Gasteiger partial charge is 0.457 e. The molecule has 0 fully saturated rings. The number of nitrogens with zero attached hydrogens (tertiary/aromatic N) is 2. The molecule has 0 spiro atoms. The third kappa shape index (κ3) is 6.25. The predicted octanol–water partition coefficient (Wildman–Crippen LogP) is 3.88. The highest BCUT2D eigenvalue weighted by atomic mass is 16.6. The number of esters is 2. The van der Waals surface area contributed by atoms with Gasteiger partial charge in [-0.15, -0.1) is 0 Å². The van der Waals surface area contributed by atoms with Crippen LogP contribution in [0.4, 0.5) is 4.79 Å². The minimum Gasteiger partial charge on any atom is -0.457 e. The number of nitrogens with one attached hydrogen (secondary N) is 2. The van der Waals surface area contributed by atoms with Crippen molar-refractivity contribution in [1.29, 1.82) is 0 Å². The molecule has 4 heterocycles. The van der Waals surface area contributed by atoms with E-state index in [2.05, 4.69) is 10.6 Å². The van der Waals surface area contributed by atoms with Gasteiger partial charge in [0.05, 0.1) is 29.0 Å². The Morgan fingerprint density at radius 2 is 1.77 bits per heavy atom. The van der Waals surface area contributed by atoms with Crippen molar-refractivity contribution in [1.82, 2.24) is 20.2 Å². The van der Waals surface area contributed by atoms with E-state index in [0.717, 1.165) is 22.0 Å². The van der Waals surface area contributed by atoms with Gasteiger partial charge in [-0.3, -0.25) is 14.4 Å². The van der Waals surface area contributed by atoms with Crippen molar-refractivity contribution in [3.63, 3.8) is 0 Å². The van der Waals surface area contributed by atoms with Crippen LogP contribution in [0, 0.1) is 0 Å². The molecule has 2 N–H and O–H groups in total. The number of ether oxygens (including phenoxy) is 3. The number of para-hydroxylation sites is 1. The van der Waals surface area contributed by atoms with Crippen LogP contribution in [-0.4, -0.2) is 51.7 Å². The van der Waals surface area contributed by atoms with Gasteiger partial charge in [0.25, 0.3) is 5.56 Å². The fraction of sp³-hybridized carbons (Fsp3) is 0.333. The highest BCUT2D eigenvalue weighted by Crippen LogP contribution is 2.41. The highest BCUT2D eigenvalue weighted by Gasteiger charge is 2.50. The van der Waals surface area contributed by atoms with Crippen LogP contribution in [0.15, 0.2) is 71.5 Å². The van der Waals surface area contributed by atoms with Gasteiger partial charge in [-0.05, 0) is 51.0 Å². The molecule has 248 valence electrons. The summed E-state index contributed by atoms with van der Waals surface area (Å²) in [5, 5.41) is 6.02. The number of benzene rings is 2. The molecule has 2 aliphatic heterocycles. The smallest absolute Gasteiger partial charge is 0.408 e. The third-order valence-electron chi connectivity index (χ3n) is 8.37. The average molecular weight is 653 g/mol. The number of hydrogen-bond donors (Lipinski definition) is 2. The summed E-state index contributed by atoms with van der Waals surface area (Å²) < 4.78 is 18.2. The summed E-state index contributed by atoms with van der Waals surface area (Å²) in [6, 6.07) is 19.3. The van der Waals surface area contributed by atoms with E-state index < -0.39 is 47.7 Å². The summed E-state index contributed by atoms with van der Waals surface area (Å²) in [6.45, 7) is 6.16. The molecular weight excluding hydrogens is 616 g/mol. The SMILES string of the molecule is CC[C@@]1(OC(=O)CNC(=O)[C@H](Cc2ccccc2)NC(=O)OC(C)(C)C)C(=O)OCc2c1cc1n(c2=O)Cc2cc3ccccc3nc2-1. The third-order valence-corrected chi connectivity index (χ3v) is 8.37. The van der Waals surface area contributed by atoms with Crippen molar-refractivity contribution in [2.45, 2.75) is 70.9 Å². The number of amides is 2. The minimum absolute atomic E-state index is 0.0315. The van der Waals surface area contributed by atoms with Gasteiger partial charge in [0.1, 0.15) is 24.8 Å². The van der Waals surface area contributed by atoms with Crippen LogP contribution < -0.4 is 16.2 Å². The summed E-state index contributed by atoms with van der Waals surface area (Å²) in [7, 11) is 0. The fourth-order valence-corrected chi connectivity index (χ4v) is 6.10. The van der Waals surface area contributed by atoms with Crippen LogP contribution in [0.5, 0.6) is 0 Å². The van der Waals surface area contributed by atoms with E-state index in [1.54, 1.807) is 62.6 Å². The molecule has 48 heavy (non-hydrogen) atoms. The van der Waals surface area contributed by atoms with Gasteiger partial charge >= 0.3 is 18.0 Å². The van der Waals surface area contributed by atoms with E-state index in [1.807, 2.05) is 36.4 Å².